The molecule has 34 heavy (non-hydrogen) atoms. The van der Waals surface area contributed by atoms with Gasteiger partial charge in [0.15, 0.2) is 11.0 Å². The maximum atomic E-state index is 12.6. The van der Waals surface area contributed by atoms with Crippen molar-refractivity contribution in [2.45, 2.75) is 18.1 Å². The molecule has 1 atom stereocenters. The van der Waals surface area contributed by atoms with E-state index in [0.29, 0.717) is 26.6 Å². The fraction of sp³-hybridized carbons (Fsp3) is 0.167. The van der Waals surface area contributed by atoms with Crippen molar-refractivity contribution in [2.24, 2.45) is 7.05 Å². The predicted octanol–water partition coefficient (Wildman–Crippen LogP) is 5.50. The third-order valence-electron chi connectivity index (χ3n) is 5.18. The van der Waals surface area contributed by atoms with Crippen LogP contribution in [-0.2, 0) is 11.8 Å². The third kappa shape index (κ3) is 5.35. The van der Waals surface area contributed by atoms with E-state index in [-0.39, 0.29) is 17.6 Å². The first-order chi connectivity index (χ1) is 16.3. The number of nitrogens with one attached hydrogen (secondary N) is 2. The van der Waals surface area contributed by atoms with E-state index >= 15 is 0 Å². The van der Waals surface area contributed by atoms with Gasteiger partial charge in [0.1, 0.15) is 0 Å². The molecule has 10 heteroatoms. The minimum atomic E-state index is -0.418. The van der Waals surface area contributed by atoms with Crippen molar-refractivity contribution < 1.29 is 9.59 Å². The molecule has 3 aromatic carbocycles. The van der Waals surface area contributed by atoms with Crippen molar-refractivity contribution in [1.29, 1.82) is 0 Å². The largest absolute Gasteiger partial charge is 0.342 e. The Balaban J connectivity index is 1.37. The highest BCUT2D eigenvalue weighted by Crippen LogP contribution is 2.25. The van der Waals surface area contributed by atoms with Gasteiger partial charge >= 0.3 is 0 Å². The van der Waals surface area contributed by atoms with Crippen molar-refractivity contribution >= 4 is 63.2 Å². The number of fused-ring (bicyclic) bond motifs is 1. The Kier molecular flexibility index (Phi) is 7.41. The summed E-state index contributed by atoms with van der Waals surface area (Å²) in [6, 6.07) is 17.9. The van der Waals surface area contributed by atoms with E-state index in [0.717, 1.165) is 16.5 Å². The number of amides is 2. The highest BCUT2D eigenvalue weighted by atomic mass is 35.5. The summed E-state index contributed by atoms with van der Waals surface area (Å²) in [5.74, 6) is 0.272. The van der Waals surface area contributed by atoms with Crippen LogP contribution in [0.2, 0.25) is 10.0 Å². The topological polar surface area (TPSA) is 88.9 Å². The van der Waals surface area contributed by atoms with Gasteiger partial charge in [0.25, 0.3) is 5.91 Å². The molecule has 2 N–H and O–H groups in total. The molecule has 1 aromatic heterocycles. The SMILES string of the molecule is C[C@@H](NC(=O)c1ccc(Cl)c(Cl)c1)c1nnc(SCC(=O)Nc2cccc3ccccc23)n1C. The second-order valence-electron chi connectivity index (χ2n) is 7.59. The first-order valence-corrected chi connectivity index (χ1v) is 12.1. The van der Waals surface area contributed by atoms with Gasteiger partial charge < -0.3 is 15.2 Å². The number of hydrogen-bond acceptors (Lipinski definition) is 5. The summed E-state index contributed by atoms with van der Waals surface area (Å²) in [4.78, 5) is 25.1. The maximum Gasteiger partial charge on any atom is 0.251 e. The molecule has 0 fully saturated rings. The zero-order valence-corrected chi connectivity index (χ0v) is 20.7. The number of thioether (sulfide) groups is 1. The molecule has 4 rings (SSSR count). The normalized spacial score (nSPS) is 11.9. The monoisotopic (exact) mass is 513 g/mol. The summed E-state index contributed by atoms with van der Waals surface area (Å²) in [7, 11) is 1.79. The molecule has 0 unspecified atom stereocenters. The van der Waals surface area contributed by atoms with Crippen LogP contribution in [0.25, 0.3) is 10.8 Å². The van der Waals surface area contributed by atoms with Crippen molar-refractivity contribution in [1.82, 2.24) is 20.1 Å². The number of halogens is 2. The number of carbonyl (C=O) groups excluding carboxylic acids is 2. The standard InChI is InChI=1S/C24H21Cl2N5O2S/c1-14(27-23(33)16-10-11-18(25)19(26)12-16)22-29-30-24(31(22)2)34-13-21(32)28-20-9-5-7-15-6-3-4-8-17(15)20/h3-12,14H,13H2,1-2H3,(H,27,33)(H,28,32)/t14-/m1/s1. The van der Waals surface area contributed by atoms with Crippen LogP contribution in [0.3, 0.4) is 0 Å². The van der Waals surface area contributed by atoms with Gasteiger partial charge in [-0.3, -0.25) is 9.59 Å². The van der Waals surface area contributed by atoms with Crippen LogP contribution in [0.15, 0.2) is 65.8 Å². The van der Waals surface area contributed by atoms with Crippen LogP contribution in [0.1, 0.15) is 29.1 Å². The number of carbonyl (C=O) groups is 2. The maximum absolute atomic E-state index is 12.6. The van der Waals surface area contributed by atoms with Gasteiger partial charge in [-0.25, -0.2) is 0 Å². The van der Waals surface area contributed by atoms with E-state index < -0.39 is 6.04 Å². The van der Waals surface area contributed by atoms with Crippen LogP contribution in [0, 0.1) is 0 Å². The molecule has 0 saturated carbocycles. The molecule has 0 aliphatic heterocycles. The quantitative estimate of drug-likeness (QED) is 0.318. The van der Waals surface area contributed by atoms with E-state index in [1.165, 1.54) is 17.8 Å². The molecule has 0 radical (unpaired) electrons. The van der Waals surface area contributed by atoms with Crippen LogP contribution in [0.4, 0.5) is 5.69 Å². The molecule has 4 aromatic rings. The van der Waals surface area contributed by atoms with Crippen molar-refractivity contribution in [2.75, 3.05) is 11.1 Å². The molecule has 0 saturated heterocycles. The number of aromatic nitrogens is 3. The predicted molar refractivity (Wildman–Crippen MR) is 137 cm³/mol. The van der Waals surface area contributed by atoms with E-state index in [4.69, 9.17) is 23.2 Å². The van der Waals surface area contributed by atoms with Gasteiger partial charge in [0.05, 0.1) is 21.8 Å². The Morgan fingerprint density at radius 3 is 2.59 bits per heavy atom. The lowest BCUT2D eigenvalue weighted by Gasteiger charge is -2.14. The van der Waals surface area contributed by atoms with Crippen LogP contribution in [-0.4, -0.2) is 32.3 Å². The highest BCUT2D eigenvalue weighted by molar-refractivity contribution is 7.99. The van der Waals surface area contributed by atoms with Crippen molar-refractivity contribution in [3.8, 4) is 0 Å². The molecule has 7 nitrogen and oxygen atoms in total. The molecule has 2 amide bonds. The van der Waals surface area contributed by atoms with E-state index in [9.17, 15) is 9.59 Å². The smallest absolute Gasteiger partial charge is 0.251 e. The summed E-state index contributed by atoms with van der Waals surface area (Å²) in [5, 5.41) is 17.5. The Morgan fingerprint density at radius 2 is 1.79 bits per heavy atom. The first-order valence-electron chi connectivity index (χ1n) is 10.4. The first kappa shape index (κ1) is 24.1. The highest BCUT2D eigenvalue weighted by Gasteiger charge is 2.19. The van der Waals surface area contributed by atoms with Gasteiger partial charge in [-0.1, -0.05) is 71.4 Å². The van der Waals surface area contributed by atoms with Gasteiger partial charge in [0, 0.05) is 23.7 Å². The fourth-order valence-corrected chi connectivity index (χ4v) is 4.48. The lowest BCUT2D eigenvalue weighted by molar-refractivity contribution is -0.113. The van der Waals surface area contributed by atoms with Gasteiger partial charge in [-0.2, -0.15) is 0 Å². The summed E-state index contributed by atoms with van der Waals surface area (Å²) in [6.45, 7) is 1.81. The number of nitrogens with zero attached hydrogens (tertiary/aromatic N) is 3. The number of anilines is 1. The summed E-state index contributed by atoms with van der Waals surface area (Å²) >= 11 is 13.2. The summed E-state index contributed by atoms with van der Waals surface area (Å²) in [6.07, 6.45) is 0. The summed E-state index contributed by atoms with van der Waals surface area (Å²) in [5.41, 5.74) is 1.16. The van der Waals surface area contributed by atoms with Crippen molar-refractivity contribution in [3.05, 3.63) is 82.1 Å². The second-order valence-corrected chi connectivity index (χ2v) is 9.34. The lowest BCUT2D eigenvalue weighted by Crippen LogP contribution is -2.28. The van der Waals surface area contributed by atoms with Gasteiger partial charge in [-0.05, 0) is 36.6 Å². The molecular formula is C24H21Cl2N5O2S. The molecular weight excluding hydrogens is 493 g/mol. The van der Waals surface area contributed by atoms with E-state index in [2.05, 4.69) is 20.8 Å². The molecule has 0 bridgehead atoms. The summed E-state index contributed by atoms with van der Waals surface area (Å²) < 4.78 is 1.76. The Bertz CT molecular complexity index is 1370. The lowest BCUT2D eigenvalue weighted by atomic mass is 10.1. The molecule has 0 aliphatic carbocycles. The van der Waals surface area contributed by atoms with E-state index in [1.807, 2.05) is 42.5 Å². The van der Waals surface area contributed by atoms with Crippen LogP contribution < -0.4 is 10.6 Å². The Hall–Kier alpha value is -3.07. The molecule has 1 heterocycles. The minimum absolute atomic E-state index is 0.146. The number of rotatable bonds is 7. The van der Waals surface area contributed by atoms with Crippen LogP contribution in [0.5, 0.6) is 0 Å². The molecule has 174 valence electrons. The second kappa shape index (κ2) is 10.5. The van der Waals surface area contributed by atoms with E-state index in [1.54, 1.807) is 30.7 Å². The fourth-order valence-electron chi connectivity index (χ4n) is 3.46. The van der Waals surface area contributed by atoms with Crippen LogP contribution >= 0.6 is 35.0 Å². The Labute approximate surface area is 210 Å². The van der Waals surface area contributed by atoms with Crippen molar-refractivity contribution in [3.63, 3.8) is 0 Å². The zero-order valence-electron chi connectivity index (χ0n) is 18.4. The molecule has 0 spiro atoms. The minimum Gasteiger partial charge on any atom is -0.342 e. The van der Waals surface area contributed by atoms with Gasteiger partial charge in [0.2, 0.25) is 5.91 Å². The average molecular weight is 514 g/mol. The average Bonchev–Trinajstić information content (AvgIpc) is 3.20. The van der Waals surface area contributed by atoms with Gasteiger partial charge in [-0.15, -0.1) is 10.2 Å². The number of hydrogen-bond donors (Lipinski definition) is 2. The third-order valence-corrected chi connectivity index (χ3v) is 6.94. The Morgan fingerprint density at radius 1 is 1.03 bits per heavy atom. The molecule has 0 aliphatic rings. The zero-order chi connectivity index (χ0) is 24.2. The number of benzene rings is 3.